The van der Waals surface area contributed by atoms with Gasteiger partial charge in [0.15, 0.2) is 0 Å². The van der Waals surface area contributed by atoms with Crippen LogP contribution in [0.4, 0.5) is 11.5 Å². The molecule has 0 amide bonds. The van der Waals surface area contributed by atoms with E-state index in [-0.39, 0.29) is 0 Å². The van der Waals surface area contributed by atoms with Crippen molar-refractivity contribution in [3.8, 4) is 0 Å². The van der Waals surface area contributed by atoms with E-state index in [1.165, 1.54) is 28.9 Å². The molecule has 1 unspecified atom stereocenters. The summed E-state index contributed by atoms with van der Waals surface area (Å²) in [5.74, 6) is 1.70. The van der Waals surface area contributed by atoms with Crippen LogP contribution in [0.15, 0.2) is 29.9 Å². The molecule has 0 aliphatic carbocycles. The number of hydrogen-bond acceptors (Lipinski definition) is 7. The Labute approximate surface area is 195 Å². The number of benzene rings is 1. The Morgan fingerprint density at radius 3 is 2.72 bits per heavy atom. The van der Waals surface area contributed by atoms with E-state index in [9.17, 15) is 0 Å². The SMILES string of the molecule is C[Si](C)(C)c1nc(CC2CCCN(c3ncnc4cc(N5CCOCC5)ccc34)C2)cs1. The predicted molar refractivity (Wildman–Crippen MR) is 136 cm³/mol. The summed E-state index contributed by atoms with van der Waals surface area (Å²) in [6.07, 6.45) is 5.26. The molecule has 5 rings (SSSR count). The van der Waals surface area contributed by atoms with Crippen molar-refractivity contribution in [1.29, 1.82) is 0 Å². The Morgan fingerprint density at radius 2 is 1.94 bits per heavy atom. The maximum absolute atomic E-state index is 5.50. The van der Waals surface area contributed by atoms with Crippen LogP contribution in [-0.4, -0.2) is 62.4 Å². The molecule has 2 aliphatic heterocycles. The first kappa shape index (κ1) is 21.8. The lowest BCUT2D eigenvalue weighted by atomic mass is 9.93. The van der Waals surface area contributed by atoms with Gasteiger partial charge in [-0.15, -0.1) is 11.3 Å². The second-order valence-electron chi connectivity index (χ2n) is 10.1. The van der Waals surface area contributed by atoms with E-state index in [0.717, 1.165) is 62.5 Å². The van der Waals surface area contributed by atoms with Gasteiger partial charge in [0, 0.05) is 42.6 Å². The molecule has 2 fully saturated rings. The van der Waals surface area contributed by atoms with Crippen LogP contribution >= 0.6 is 11.3 Å². The molecule has 0 bridgehead atoms. The number of hydrogen-bond donors (Lipinski definition) is 0. The zero-order chi connectivity index (χ0) is 22.1. The number of anilines is 2. The molecule has 1 aromatic carbocycles. The maximum Gasteiger partial charge on any atom is 0.139 e. The molecular formula is C24H33N5OSSi. The molecule has 2 aliphatic rings. The molecule has 0 N–H and O–H groups in total. The van der Waals surface area contributed by atoms with Gasteiger partial charge in [-0.1, -0.05) is 19.6 Å². The summed E-state index contributed by atoms with van der Waals surface area (Å²) >= 11 is 1.86. The van der Waals surface area contributed by atoms with E-state index in [1.807, 2.05) is 11.3 Å². The zero-order valence-corrected chi connectivity index (χ0v) is 21.2. The summed E-state index contributed by atoms with van der Waals surface area (Å²) in [6, 6.07) is 6.63. The quantitative estimate of drug-likeness (QED) is 0.530. The van der Waals surface area contributed by atoms with Crippen molar-refractivity contribution in [2.24, 2.45) is 5.92 Å². The molecule has 3 aromatic rings. The van der Waals surface area contributed by atoms with Gasteiger partial charge in [0.05, 0.1) is 29.1 Å². The highest BCUT2D eigenvalue weighted by Gasteiger charge is 2.25. The number of aromatic nitrogens is 3. The topological polar surface area (TPSA) is 54.4 Å². The number of rotatable bonds is 5. The number of ether oxygens (including phenoxy) is 1. The minimum atomic E-state index is -1.32. The van der Waals surface area contributed by atoms with Gasteiger partial charge in [-0.25, -0.2) is 9.97 Å². The summed E-state index contributed by atoms with van der Waals surface area (Å²) < 4.78 is 6.87. The van der Waals surface area contributed by atoms with Crippen LogP contribution in [0.1, 0.15) is 18.5 Å². The van der Waals surface area contributed by atoms with Gasteiger partial charge in [0.2, 0.25) is 0 Å². The van der Waals surface area contributed by atoms with Crippen molar-refractivity contribution in [2.45, 2.75) is 38.9 Å². The standard InChI is InChI=1S/C24H33N5OSSi/c1-32(2,3)24-27-19(16-31-24)13-18-5-4-8-29(15-18)23-21-7-6-20(14-22(21)25-17-26-23)28-9-11-30-12-10-28/h6-7,14,16-18H,4-5,8-13,15H2,1-3H3. The van der Waals surface area contributed by atoms with Crippen molar-refractivity contribution < 1.29 is 4.74 Å². The highest BCUT2D eigenvalue weighted by Crippen LogP contribution is 2.31. The van der Waals surface area contributed by atoms with E-state index in [4.69, 9.17) is 14.7 Å². The summed E-state index contributed by atoms with van der Waals surface area (Å²) in [5.41, 5.74) is 3.53. The Balaban J connectivity index is 1.33. The molecule has 1 atom stereocenters. The lowest BCUT2D eigenvalue weighted by molar-refractivity contribution is 0.122. The lowest BCUT2D eigenvalue weighted by Crippen LogP contribution is -2.38. The molecule has 8 heteroatoms. The third-order valence-electron chi connectivity index (χ3n) is 6.48. The maximum atomic E-state index is 5.50. The first-order chi connectivity index (χ1) is 15.5. The molecule has 0 saturated carbocycles. The molecule has 170 valence electrons. The van der Waals surface area contributed by atoms with E-state index < -0.39 is 8.07 Å². The van der Waals surface area contributed by atoms with Gasteiger partial charge >= 0.3 is 0 Å². The van der Waals surface area contributed by atoms with E-state index in [0.29, 0.717) is 5.92 Å². The zero-order valence-electron chi connectivity index (χ0n) is 19.4. The molecular weight excluding hydrogens is 434 g/mol. The first-order valence-corrected chi connectivity index (χ1v) is 16.1. The third kappa shape index (κ3) is 4.67. The minimum absolute atomic E-state index is 0.623. The van der Waals surface area contributed by atoms with E-state index in [2.05, 4.69) is 58.0 Å². The van der Waals surface area contributed by atoms with E-state index in [1.54, 1.807) is 6.33 Å². The fourth-order valence-corrected chi connectivity index (χ4v) is 7.40. The largest absolute Gasteiger partial charge is 0.378 e. The minimum Gasteiger partial charge on any atom is -0.378 e. The Hall–Kier alpha value is -2.03. The molecule has 0 spiro atoms. The van der Waals surface area contributed by atoms with Gasteiger partial charge in [-0.3, -0.25) is 4.98 Å². The van der Waals surface area contributed by atoms with Gasteiger partial charge < -0.3 is 14.5 Å². The average molecular weight is 468 g/mol. The molecule has 6 nitrogen and oxygen atoms in total. The Morgan fingerprint density at radius 1 is 1.09 bits per heavy atom. The average Bonchev–Trinajstić information content (AvgIpc) is 3.28. The Kier molecular flexibility index (Phi) is 6.18. The van der Waals surface area contributed by atoms with Crippen LogP contribution in [0, 0.1) is 5.92 Å². The van der Waals surface area contributed by atoms with Crippen molar-refractivity contribution in [2.75, 3.05) is 49.2 Å². The lowest BCUT2D eigenvalue weighted by Gasteiger charge is -2.34. The van der Waals surface area contributed by atoms with Gasteiger partial charge in [-0.2, -0.15) is 0 Å². The molecule has 0 radical (unpaired) electrons. The fourth-order valence-electron chi connectivity index (χ4n) is 4.77. The van der Waals surface area contributed by atoms with Crippen molar-refractivity contribution in [3.05, 3.63) is 35.6 Å². The second-order valence-corrected chi connectivity index (χ2v) is 16.2. The predicted octanol–water partition coefficient (Wildman–Crippen LogP) is 3.93. The van der Waals surface area contributed by atoms with Crippen molar-refractivity contribution in [1.82, 2.24) is 15.0 Å². The highest BCUT2D eigenvalue weighted by atomic mass is 32.1. The molecule has 4 heterocycles. The van der Waals surface area contributed by atoms with Crippen LogP contribution in [0.3, 0.4) is 0 Å². The smallest absolute Gasteiger partial charge is 0.139 e. The number of fused-ring (bicyclic) bond motifs is 1. The fraction of sp³-hybridized carbons (Fsp3) is 0.542. The second kappa shape index (κ2) is 9.07. The first-order valence-electron chi connectivity index (χ1n) is 11.7. The van der Waals surface area contributed by atoms with Gasteiger partial charge in [0.1, 0.15) is 20.2 Å². The van der Waals surface area contributed by atoms with E-state index >= 15 is 0 Å². The highest BCUT2D eigenvalue weighted by molar-refractivity contribution is 7.24. The van der Waals surface area contributed by atoms with Crippen LogP contribution < -0.4 is 14.4 Å². The number of piperidine rings is 1. The number of nitrogens with zero attached hydrogens (tertiary/aromatic N) is 5. The summed E-state index contributed by atoms with van der Waals surface area (Å²) in [7, 11) is -1.32. The van der Waals surface area contributed by atoms with Crippen LogP contribution in [-0.2, 0) is 11.2 Å². The van der Waals surface area contributed by atoms with Gasteiger partial charge in [-0.05, 0) is 43.4 Å². The van der Waals surface area contributed by atoms with Crippen molar-refractivity contribution in [3.63, 3.8) is 0 Å². The third-order valence-corrected chi connectivity index (χ3v) is 10.8. The monoisotopic (exact) mass is 467 g/mol. The number of morpholine rings is 1. The van der Waals surface area contributed by atoms with Gasteiger partial charge in [0.25, 0.3) is 0 Å². The van der Waals surface area contributed by atoms with Crippen molar-refractivity contribution >= 4 is 46.4 Å². The molecule has 2 aromatic heterocycles. The normalized spacial score (nSPS) is 20.2. The number of thiazole rings is 1. The molecule has 32 heavy (non-hydrogen) atoms. The summed E-state index contributed by atoms with van der Waals surface area (Å²) in [4.78, 5) is 19.2. The summed E-state index contributed by atoms with van der Waals surface area (Å²) in [5, 5.41) is 3.44. The Bertz CT molecular complexity index is 1080. The van der Waals surface area contributed by atoms with Crippen LogP contribution in [0.5, 0.6) is 0 Å². The summed E-state index contributed by atoms with van der Waals surface area (Å²) in [6.45, 7) is 12.7. The molecule has 2 saturated heterocycles. The van der Waals surface area contributed by atoms with Crippen LogP contribution in [0.2, 0.25) is 19.6 Å². The van der Waals surface area contributed by atoms with Crippen LogP contribution in [0.25, 0.3) is 10.9 Å².